The standard InChI is InChI=1S/C19H28N4O3/c1-21(11-15-4-3-7-20-10-15)14-18(24)22-12-16-5-6-17(13-22)23(19(16)25)8-9-26-2/h3-4,7,10,16-17H,5-6,8-9,11-14H2,1-2H3/t16-,17+/m0/s1. The lowest BCUT2D eigenvalue weighted by Crippen LogP contribution is -2.49. The maximum absolute atomic E-state index is 12.8. The molecule has 0 saturated carbocycles. The Bertz CT molecular complexity index is 624. The summed E-state index contributed by atoms with van der Waals surface area (Å²) in [6.07, 6.45) is 5.41. The first-order valence-electron chi connectivity index (χ1n) is 9.23. The summed E-state index contributed by atoms with van der Waals surface area (Å²) in [7, 11) is 3.59. The molecule has 4 heterocycles. The van der Waals surface area contributed by atoms with Gasteiger partial charge < -0.3 is 14.5 Å². The van der Waals surface area contributed by atoms with Gasteiger partial charge >= 0.3 is 0 Å². The molecular weight excluding hydrogens is 332 g/mol. The Morgan fingerprint density at radius 3 is 2.96 bits per heavy atom. The Morgan fingerprint density at radius 1 is 1.38 bits per heavy atom. The fourth-order valence-electron chi connectivity index (χ4n) is 3.92. The lowest BCUT2D eigenvalue weighted by Gasteiger charge is -2.35. The van der Waals surface area contributed by atoms with Crippen LogP contribution in [0.3, 0.4) is 0 Å². The Balaban J connectivity index is 1.59. The van der Waals surface area contributed by atoms with E-state index in [0.717, 1.165) is 18.4 Å². The SMILES string of the molecule is COCCN1C(=O)[C@H]2CC[C@@H]1CN(C(=O)CN(C)Cc1cccnc1)C2. The van der Waals surface area contributed by atoms with Crippen molar-refractivity contribution in [1.82, 2.24) is 19.7 Å². The van der Waals surface area contributed by atoms with Gasteiger partial charge in [0, 0.05) is 51.7 Å². The molecule has 0 aromatic carbocycles. The Morgan fingerprint density at radius 2 is 2.23 bits per heavy atom. The average molecular weight is 360 g/mol. The molecule has 0 unspecified atom stereocenters. The molecule has 26 heavy (non-hydrogen) atoms. The molecule has 142 valence electrons. The minimum atomic E-state index is -0.0711. The zero-order chi connectivity index (χ0) is 18.5. The summed E-state index contributed by atoms with van der Waals surface area (Å²) in [6.45, 7) is 3.35. The van der Waals surface area contributed by atoms with Gasteiger partial charge in [0.05, 0.1) is 19.1 Å². The van der Waals surface area contributed by atoms with E-state index in [2.05, 4.69) is 4.98 Å². The number of ether oxygens (including phenoxy) is 1. The van der Waals surface area contributed by atoms with Crippen LogP contribution in [0.25, 0.3) is 0 Å². The molecule has 2 atom stereocenters. The highest BCUT2D eigenvalue weighted by Gasteiger charge is 2.41. The van der Waals surface area contributed by atoms with Gasteiger partial charge in [0.2, 0.25) is 11.8 Å². The molecule has 1 aromatic rings. The minimum Gasteiger partial charge on any atom is -0.383 e. The third kappa shape index (κ3) is 4.40. The van der Waals surface area contributed by atoms with Crippen LogP contribution < -0.4 is 0 Å². The lowest BCUT2D eigenvalue weighted by molar-refractivity contribution is -0.140. The van der Waals surface area contributed by atoms with Crippen molar-refractivity contribution in [2.75, 3.05) is 46.9 Å². The van der Waals surface area contributed by atoms with Crippen molar-refractivity contribution in [3.8, 4) is 0 Å². The van der Waals surface area contributed by atoms with Crippen LogP contribution in [-0.2, 0) is 20.9 Å². The van der Waals surface area contributed by atoms with Gasteiger partial charge in [-0.2, -0.15) is 0 Å². The Hall–Kier alpha value is -1.99. The number of aromatic nitrogens is 1. The number of carbonyl (C=O) groups excluding carboxylic acids is 2. The smallest absolute Gasteiger partial charge is 0.236 e. The van der Waals surface area contributed by atoms with Crippen molar-refractivity contribution in [2.45, 2.75) is 25.4 Å². The van der Waals surface area contributed by atoms with Crippen LogP contribution >= 0.6 is 0 Å². The molecule has 3 saturated heterocycles. The van der Waals surface area contributed by atoms with Crippen LogP contribution in [0.2, 0.25) is 0 Å². The van der Waals surface area contributed by atoms with Gasteiger partial charge in [-0.05, 0) is 31.5 Å². The molecule has 2 bridgehead atoms. The molecule has 7 heteroatoms. The first kappa shape index (κ1) is 18.8. The zero-order valence-electron chi connectivity index (χ0n) is 15.6. The van der Waals surface area contributed by atoms with E-state index >= 15 is 0 Å². The monoisotopic (exact) mass is 360 g/mol. The Kier molecular flexibility index (Phi) is 6.21. The van der Waals surface area contributed by atoms with Crippen molar-refractivity contribution in [2.24, 2.45) is 5.92 Å². The lowest BCUT2D eigenvalue weighted by atomic mass is 9.94. The first-order valence-corrected chi connectivity index (χ1v) is 9.23. The largest absolute Gasteiger partial charge is 0.383 e. The predicted octanol–water partition coefficient (Wildman–Crippen LogP) is 0.609. The second-order valence-corrected chi connectivity index (χ2v) is 7.28. The topological polar surface area (TPSA) is 66.0 Å². The Labute approximate surface area is 154 Å². The molecule has 3 aliphatic rings. The molecule has 0 aliphatic carbocycles. The van der Waals surface area contributed by atoms with Crippen LogP contribution in [0.4, 0.5) is 0 Å². The van der Waals surface area contributed by atoms with E-state index in [-0.39, 0.29) is 23.8 Å². The summed E-state index contributed by atoms with van der Waals surface area (Å²) >= 11 is 0. The number of hydrogen-bond donors (Lipinski definition) is 0. The normalized spacial score (nSPS) is 22.8. The fourth-order valence-corrected chi connectivity index (χ4v) is 3.92. The molecule has 0 radical (unpaired) electrons. The van der Waals surface area contributed by atoms with E-state index in [4.69, 9.17) is 4.74 Å². The third-order valence-corrected chi connectivity index (χ3v) is 5.26. The van der Waals surface area contributed by atoms with Crippen LogP contribution in [0.1, 0.15) is 18.4 Å². The van der Waals surface area contributed by atoms with Crippen LogP contribution in [0.15, 0.2) is 24.5 Å². The van der Waals surface area contributed by atoms with Gasteiger partial charge in [0.1, 0.15) is 0 Å². The van der Waals surface area contributed by atoms with Crippen LogP contribution in [-0.4, -0.2) is 84.5 Å². The maximum Gasteiger partial charge on any atom is 0.236 e. The van der Waals surface area contributed by atoms with E-state index in [9.17, 15) is 9.59 Å². The third-order valence-electron chi connectivity index (χ3n) is 5.26. The zero-order valence-corrected chi connectivity index (χ0v) is 15.6. The number of piperidine rings is 1. The van der Waals surface area contributed by atoms with Gasteiger partial charge in [-0.1, -0.05) is 6.07 Å². The summed E-state index contributed by atoms with van der Waals surface area (Å²) in [5.74, 6) is 0.199. The maximum atomic E-state index is 12.8. The molecule has 2 amide bonds. The molecule has 3 aliphatic heterocycles. The van der Waals surface area contributed by atoms with Gasteiger partial charge in [0.25, 0.3) is 0 Å². The van der Waals surface area contributed by atoms with Crippen molar-refractivity contribution >= 4 is 11.8 Å². The molecule has 1 aromatic heterocycles. The number of methoxy groups -OCH3 is 1. The van der Waals surface area contributed by atoms with Crippen LogP contribution in [0.5, 0.6) is 0 Å². The van der Waals surface area contributed by atoms with Crippen molar-refractivity contribution < 1.29 is 14.3 Å². The number of rotatable bonds is 7. The number of likely N-dealkylation sites (N-methyl/N-ethyl adjacent to an activating group) is 1. The quantitative estimate of drug-likeness (QED) is 0.713. The highest BCUT2D eigenvalue weighted by Crippen LogP contribution is 2.29. The van der Waals surface area contributed by atoms with E-state index < -0.39 is 0 Å². The number of amides is 2. The van der Waals surface area contributed by atoms with E-state index in [1.54, 1.807) is 13.3 Å². The summed E-state index contributed by atoms with van der Waals surface area (Å²) in [6, 6.07) is 4.02. The van der Waals surface area contributed by atoms with Gasteiger partial charge in [0.15, 0.2) is 0 Å². The minimum absolute atomic E-state index is 0.0711. The summed E-state index contributed by atoms with van der Waals surface area (Å²) in [4.78, 5) is 35.4. The summed E-state index contributed by atoms with van der Waals surface area (Å²) < 4.78 is 5.14. The van der Waals surface area contributed by atoms with E-state index in [1.807, 2.05) is 40.1 Å². The van der Waals surface area contributed by atoms with E-state index in [0.29, 0.717) is 39.3 Å². The molecule has 0 N–H and O–H groups in total. The number of fused-ring (bicyclic) bond motifs is 4. The van der Waals surface area contributed by atoms with Gasteiger partial charge in [-0.3, -0.25) is 19.5 Å². The molecule has 7 nitrogen and oxygen atoms in total. The summed E-state index contributed by atoms with van der Waals surface area (Å²) in [5, 5.41) is 0. The van der Waals surface area contributed by atoms with E-state index in [1.165, 1.54) is 0 Å². The number of pyridine rings is 1. The van der Waals surface area contributed by atoms with Gasteiger partial charge in [-0.25, -0.2) is 0 Å². The second kappa shape index (κ2) is 8.60. The fraction of sp³-hybridized carbons (Fsp3) is 0.632. The summed E-state index contributed by atoms with van der Waals surface area (Å²) in [5.41, 5.74) is 1.08. The number of carbonyl (C=O) groups is 2. The predicted molar refractivity (Wildman–Crippen MR) is 97.3 cm³/mol. The van der Waals surface area contributed by atoms with Crippen LogP contribution in [0, 0.1) is 5.92 Å². The van der Waals surface area contributed by atoms with Gasteiger partial charge in [-0.15, -0.1) is 0 Å². The average Bonchev–Trinajstić information content (AvgIpc) is 2.92. The highest BCUT2D eigenvalue weighted by molar-refractivity contribution is 5.83. The molecular formula is C19H28N4O3. The highest BCUT2D eigenvalue weighted by atomic mass is 16.5. The molecule has 3 fully saturated rings. The number of hydrogen-bond acceptors (Lipinski definition) is 5. The number of nitrogens with zero attached hydrogens (tertiary/aromatic N) is 4. The first-order chi connectivity index (χ1) is 12.6. The molecule has 4 rings (SSSR count). The second-order valence-electron chi connectivity index (χ2n) is 7.28. The van der Waals surface area contributed by atoms with Crippen molar-refractivity contribution in [3.05, 3.63) is 30.1 Å². The van der Waals surface area contributed by atoms with Crippen molar-refractivity contribution in [3.63, 3.8) is 0 Å². The molecule has 0 spiro atoms. The van der Waals surface area contributed by atoms with Crippen molar-refractivity contribution in [1.29, 1.82) is 0 Å².